The summed E-state index contributed by atoms with van der Waals surface area (Å²) in [7, 11) is 1.35. The fraction of sp³-hybridized carbons (Fsp3) is 0.564. The highest BCUT2D eigenvalue weighted by atomic mass is 35.5. The Morgan fingerprint density at radius 3 is 2.68 bits per heavy atom. The van der Waals surface area contributed by atoms with Gasteiger partial charge in [0.25, 0.3) is 5.91 Å². The highest BCUT2D eigenvalue weighted by Crippen LogP contribution is 2.47. The topological polar surface area (TPSA) is 130 Å². The van der Waals surface area contributed by atoms with Crippen LogP contribution in [-0.4, -0.2) is 104 Å². The second-order valence-corrected chi connectivity index (χ2v) is 18.1. The van der Waals surface area contributed by atoms with E-state index in [1.165, 1.54) is 20.9 Å². The molecule has 0 radical (unpaired) electrons. The van der Waals surface area contributed by atoms with Gasteiger partial charge in [0.2, 0.25) is 0 Å². The zero-order valence-electron chi connectivity index (χ0n) is 30.9. The number of rotatable bonds is 3. The van der Waals surface area contributed by atoms with Gasteiger partial charge >= 0.3 is 12.1 Å². The van der Waals surface area contributed by atoms with E-state index in [-0.39, 0.29) is 41.8 Å². The number of halogens is 1. The lowest BCUT2D eigenvalue weighted by Crippen LogP contribution is -2.59. The molecule has 2 aromatic rings. The molecule has 7 rings (SSSR count). The van der Waals surface area contributed by atoms with Crippen molar-refractivity contribution in [3.8, 4) is 5.75 Å². The van der Waals surface area contributed by atoms with Crippen molar-refractivity contribution < 1.29 is 32.8 Å². The van der Waals surface area contributed by atoms with E-state index in [1.54, 1.807) is 27.3 Å². The van der Waals surface area contributed by atoms with Gasteiger partial charge in [-0.3, -0.25) is 9.52 Å². The lowest BCUT2D eigenvalue weighted by Gasteiger charge is -2.46. The summed E-state index contributed by atoms with van der Waals surface area (Å²) in [5.41, 5.74) is 3.31. The Morgan fingerprint density at radius 2 is 1.94 bits per heavy atom. The molecular weight excluding hydrogens is 718 g/mol. The second-order valence-electron chi connectivity index (χ2n) is 15.7. The number of hydrogen-bond acceptors (Lipinski definition) is 8. The summed E-state index contributed by atoms with van der Waals surface area (Å²) in [6.07, 6.45) is 8.75. The van der Waals surface area contributed by atoms with Crippen LogP contribution < -0.4 is 14.4 Å². The number of benzene rings is 2. The molecule has 0 unspecified atom stereocenters. The summed E-state index contributed by atoms with van der Waals surface area (Å²) in [6, 6.07) is 10.9. The number of nitrogens with zero attached hydrogens (tertiary/aromatic N) is 4. The minimum Gasteiger partial charge on any atom is -0.490 e. The van der Waals surface area contributed by atoms with Crippen LogP contribution >= 0.6 is 11.6 Å². The molecule has 4 amide bonds. The van der Waals surface area contributed by atoms with Gasteiger partial charge < -0.3 is 28.9 Å². The van der Waals surface area contributed by atoms with E-state index in [0.717, 1.165) is 49.4 Å². The summed E-state index contributed by atoms with van der Waals surface area (Å²) in [4.78, 5) is 44.4. The van der Waals surface area contributed by atoms with Crippen molar-refractivity contribution >= 4 is 45.2 Å². The van der Waals surface area contributed by atoms with E-state index in [2.05, 4.69) is 38.3 Å². The number of nitrogens with one attached hydrogen (secondary N) is 1. The Kier molecular flexibility index (Phi) is 10.7. The molecule has 1 saturated heterocycles. The number of urea groups is 1. The van der Waals surface area contributed by atoms with Crippen LogP contribution in [0.1, 0.15) is 60.5 Å². The number of methoxy groups -OCH3 is 1. The molecule has 3 heterocycles. The van der Waals surface area contributed by atoms with Crippen LogP contribution in [0.3, 0.4) is 0 Å². The third-order valence-electron chi connectivity index (χ3n) is 11.5. The van der Waals surface area contributed by atoms with Crippen LogP contribution in [0.2, 0.25) is 5.02 Å². The summed E-state index contributed by atoms with van der Waals surface area (Å²) in [5.74, 6) is 0.496. The number of carbonyl (C=O) groups is 3. The zero-order valence-corrected chi connectivity index (χ0v) is 32.5. The first-order valence-corrected chi connectivity index (χ1v) is 20.7. The van der Waals surface area contributed by atoms with E-state index in [9.17, 15) is 18.6 Å². The maximum absolute atomic E-state index is 14.5. The van der Waals surface area contributed by atoms with Crippen LogP contribution in [0.4, 0.5) is 15.3 Å². The average Bonchev–Trinajstić information content (AvgIpc) is 3.23. The highest BCUT2D eigenvalue weighted by Gasteiger charge is 2.44. The van der Waals surface area contributed by atoms with Crippen LogP contribution in [0.15, 0.2) is 52.9 Å². The van der Waals surface area contributed by atoms with Gasteiger partial charge in [0, 0.05) is 50.3 Å². The molecule has 6 atom stereocenters. The van der Waals surface area contributed by atoms with Gasteiger partial charge in [0.05, 0.1) is 37.2 Å². The lowest BCUT2D eigenvalue weighted by molar-refractivity contribution is -0.00248. The number of anilines is 1. The largest absolute Gasteiger partial charge is 0.490 e. The predicted octanol–water partition coefficient (Wildman–Crippen LogP) is 6.07. The molecule has 2 aromatic carbocycles. The van der Waals surface area contributed by atoms with Crippen LogP contribution in [0, 0.1) is 17.8 Å². The average molecular weight is 768 g/mol. The summed E-state index contributed by atoms with van der Waals surface area (Å²) in [5, 5.41) is 0.730. The minimum atomic E-state index is -3.57. The second kappa shape index (κ2) is 15.1. The summed E-state index contributed by atoms with van der Waals surface area (Å²) >= 11 is 6.46. The Morgan fingerprint density at radius 1 is 1.13 bits per heavy atom. The molecule has 14 heteroatoms. The number of hydrogen-bond donors (Lipinski definition) is 1. The Balaban J connectivity index is 1.22. The molecule has 12 nitrogen and oxygen atoms in total. The Bertz CT molecular complexity index is 1910. The number of likely N-dealkylation sites (tertiary alicyclic amines) is 1. The first-order chi connectivity index (χ1) is 25.3. The molecule has 1 N–H and O–H groups in total. The smallest absolute Gasteiger partial charge is 0.409 e. The molecule has 2 aliphatic carbocycles. The molecule has 0 aromatic heterocycles. The van der Waals surface area contributed by atoms with E-state index >= 15 is 0 Å². The van der Waals surface area contributed by atoms with E-state index < -0.39 is 34.1 Å². The van der Waals surface area contributed by atoms with Crippen molar-refractivity contribution in [1.29, 1.82) is 0 Å². The first-order valence-electron chi connectivity index (χ1n) is 18.6. The molecular formula is C39H50ClN5O7S. The first kappa shape index (κ1) is 37.5. The van der Waals surface area contributed by atoms with Gasteiger partial charge in [-0.2, -0.15) is 0 Å². The van der Waals surface area contributed by atoms with Crippen LogP contribution in [0.25, 0.3) is 0 Å². The quantitative estimate of drug-likeness (QED) is 0.373. The SMILES string of the molecule is CO[C@H]1/C=C/C[C@H](C)C[S@@](=O)(NC(=O)N2CC(OC(=O)N(C)C)C2)=NC(=O)c2ccc3c(c2)N(C[C@@H]2CC[C@H]21)C[C@@]1(CCCc2cc(Cl)ccc21)CO3. The molecule has 3 aliphatic heterocycles. The monoisotopic (exact) mass is 767 g/mol. The van der Waals surface area contributed by atoms with Gasteiger partial charge in [0.15, 0.2) is 0 Å². The number of carbonyl (C=O) groups excluding carboxylic acids is 3. The van der Waals surface area contributed by atoms with E-state index in [0.29, 0.717) is 37.2 Å². The van der Waals surface area contributed by atoms with Gasteiger partial charge in [-0.1, -0.05) is 36.7 Å². The maximum atomic E-state index is 14.5. The van der Waals surface area contributed by atoms with Gasteiger partial charge in [-0.15, -0.1) is 4.36 Å². The number of fused-ring (bicyclic) bond motifs is 4. The van der Waals surface area contributed by atoms with Crippen LogP contribution in [-0.2, 0) is 31.2 Å². The van der Waals surface area contributed by atoms with Crippen molar-refractivity contribution in [3.63, 3.8) is 0 Å². The van der Waals surface area contributed by atoms with E-state index in [4.69, 9.17) is 25.8 Å². The highest BCUT2D eigenvalue weighted by molar-refractivity contribution is 7.92. The maximum Gasteiger partial charge on any atom is 0.409 e. The molecule has 1 spiro atoms. The summed E-state index contributed by atoms with van der Waals surface area (Å²) < 4.78 is 39.4. The van der Waals surface area contributed by atoms with Crippen LogP contribution in [0.5, 0.6) is 5.75 Å². The van der Waals surface area contributed by atoms with Crippen molar-refractivity contribution in [2.75, 3.05) is 64.6 Å². The minimum absolute atomic E-state index is 0.0302. The lowest BCUT2D eigenvalue weighted by atomic mass is 9.68. The van der Waals surface area contributed by atoms with Crippen molar-refractivity contribution in [2.45, 2.75) is 63.1 Å². The van der Waals surface area contributed by atoms with Crippen molar-refractivity contribution in [1.82, 2.24) is 14.5 Å². The van der Waals surface area contributed by atoms with Gasteiger partial charge in [-0.25, -0.2) is 13.8 Å². The zero-order chi connectivity index (χ0) is 37.5. The molecule has 5 aliphatic rings. The molecule has 2 bridgehead atoms. The number of aryl methyl sites for hydroxylation is 1. The standard InChI is InChI=1S/C39H50ClN5O7S/c1-25-7-5-9-34(50-4)31-13-10-28(31)19-45-23-39(16-6-8-26-17-29(40)12-14-32(26)39)24-51-35-15-11-27(18-33(35)45)36(46)41-53(49,22-25)42-37(47)44-20-30(21-44)52-38(48)43(2)3/h5,9,11-12,14-15,17-18,25,28,30-31,34H,6-8,10,13,16,19-24H2,1-4H3,(H,41,42,46,47,49)/b9-5+/t25-,28-,31+,34-,39-,53-/m0/s1. The third kappa shape index (κ3) is 7.88. The van der Waals surface area contributed by atoms with Crippen molar-refractivity contribution in [2.24, 2.45) is 22.1 Å². The fourth-order valence-electron chi connectivity index (χ4n) is 8.49. The molecule has 286 valence electrons. The number of allylic oxidation sites excluding steroid dienone is 1. The third-order valence-corrected chi connectivity index (χ3v) is 13.7. The number of amides is 4. The fourth-order valence-corrected chi connectivity index (χ4v) is 10.6. The molecule has 1 saturated carbocycles. The van der Waals surface area contributed by atoms with E-state index in [1.807, 2.05) is 25.1 Å². The Hall–Kier alpha value is -3.81. The normalized spacial score (nSPS) is 30.6. The summed E-state index contributed by atoms with van der Waals surface area (Å²) in [6.45, 7) is 4.17. The van der Waals surface area contributed by atoms with Gasteiger partial charge in [0.1, 0.15) is 21.8 Å². The van der Waals surface area contributed by atoms with Gasteiger partial charge in [-0.05, 0) is 97.7 Å². The molecule has 2 fully saturated rings. The molecule has 53 heavy (non-hydrogen) atoms. The predicted molar refractivity (Wildman–Crippen MR) is 204 cm³/mol. The Labute approximate surface area is 317 Å². The van der Waals surface area contributed by atoms with Crippen molar-refractivity contribution in [3.05, 3.63) is 70.3 Å². The number of ether oxygens (including phenoxy) is 3.